The van der Waals surface area contributed by atoms with Crippen LogP contribution in [0.5, 0.6) is 0 Å². The normalized spacial score (nSPS) is 19.2. The van der Waals surface area contributed by atoms with Gasteiger partial charge in [-0.25, -0.2) is 0 Å². The first-order valence-corrected chi connectivity index (χ1v) is 6.22. The predicted molar refractivity (Wildman–Crippen MR) is 24.3 cm³/mol. The van der Waals surface area contributed by atoms with Gasteiger partial charge in [0.15, 0.2) is 0 Å². The van der Waals surface area contributed by atoms with E-state index in [9.17, 15) is 0 Å². The van der Waals surface area contributed by atoms with E-state index in [0.717, 1.165) is 0 Å². The van der Waals surface area contributed by atoms with E-state index in [1.165, 1.54) is 6.42 Å². The van der Waals surface area contributed by atoms with Gasteiger partial charge in [-0.2, -0.15) is 0 Å². The molecule has 0 N–H and O–H groups in total. The number of rotatable bonds is 0. The van der Waals surface area contributed by atoms with Gasteiger partial charge in [-0.05, 0) is 0 Å². The maximum absolute atomic E-state index is 2.43. The van der Waals surface area contributed by atoms with E-state index in [0.29, 0.717) is 0 Å². The maximum atomic E-state index is 2.43. The van der Waals surface area contributed by atoms with Gasteiger partial charge in [0.25, 0.3) is 0 Å². The van der Waals surface area contributed by atoms with Crippen molar-refractivity contribution in [2.45, 2.75) is 10.6 Å². The van der Waals surface area contributed by atoms with Gasteiger partial charge in [0, 0.05) is 0 Å². The third-order valence-corrected chi connectivity index (χ3v) is 4.23. The first-order chi connectivity index (χ1) is 2.50. The van der Waals surface area contributed by atoms with Crippen LogP contribution < -0.4 is 0 Å². The summed E-state index contributed by atoms with van der Waals surface area (Å²) in [5.74, 6) is 0. The predicted octanol–water partition coefficient (Wildman–Crippen LogP) is 1.03. The Bertz CT molecular complexity index is 41.6. The molecule has 5 heavy (non-hydrogen) atoms. The second-order valence-electron chi connectivity index (χ2n) is 1.24. The molecule has 1 aliphatic heterocycles. The SMILES string of the molecule is C1=[CH][In][CH2]C1. The fraction of sp³-hybridized carbons (Fsp3) is 0.500. The van der Waals surface area contributed by atoms with E-state index >= 15 is 0 Å². The molecule has 1 radical (unpaired) electrons. The molecule has 1 rings (SSSR count). The number of hydrogen-bond acceptors (Lipinski definition) is 0. The molecule has 0 nitrogen and oxygen atoms in total. The summed E-state index contributed by atoms with van der Waals surface area (Å²) in [5, 5.41) is 0. The Labute approximate surface area is 43.6 Å². The third-order valence-electron chi connectivity index (χ3n) is 0.772. The summed E-state index contributed by atoms with van der Waals surface area (Å²) in [6, 6.07) is 0. The summed E-state index contributed by atoms with van der Waals surface area (Å²) in [7, 11) is 0. The zero-order chi connectivity index (χ0) is 3.54. The van der Waals surface area contributed by atoms with Gasteiger partial charge < -0.3 is 0 Å². The second kappa shape index (κ2) is 1.91. The topological polar surface area (TPSA) is 0 Å². The van der Waals surface area contributed by atoms with Gasteiger partial charge in [0.2, 0.25) is 0 Å². The van der Waals surface area contributed by atoms with Crippen LogP contribution in [0.2, 0.25) is 4.18 Å². The van der Waals surface area contributed by atoms with Crippen molar-refractivity contribution >= 4 is 22.9 Å². The molecule has 0 aromatic rings. The molecule has 0 aromatic heterocycles. The number of allylic oxidation sites excluding steroid dienone is 1. The number of hydrogen-bond donors (Lipinski definition) is 0. The quantitative estimate of drug-likeness (QED) is 0.507. The molecule has 1 heteroatoms. The third kappa shape index (κ3) is 0.998. The molecular weight excluding hydrogens is 163 g/mol. The fourth-order valence-corrected chi connectivity index (χ4v) is 3.23. The van der Waals surface area contributed by atoms with Crippen LogP contribution in [-0.4, -0.2) is 22.9 Å². The molecule has 0 amide bonds. The van der Waals surface area contributed by atoms with Gasteiger partial charge >= 0.3 is 43.4 Å². The summed E-state index contributed by atoms with van der Waals surface area (Å²) >= 11 is 0.0106. The molecule has 0 bridgehead atoms. The van der Waals surface area contributed by atoms with E-state index in [-0.39, 0.29) is 22.9 Å². The molecule has 25 valence electrons. The summed E-state index contributed by atoms with van der Waals surface area (Å²) < 4.78 is 4.00. The summed E-state index contributed by atoms with van der Waals surface area (Å²) in [6.45, 7) is 0. The van der Waals surface area contributed by atoms with Crippen molar-refractivity contribution < 1.29 is 0 Å². The van der Waals surface area contributed by atoms with Crippen LogP contribution in [0.1, 0.15) is 6.42 Å². The molecule has 0 saturated heterocycles. The van der Waals surface area contributed by atoms with Crippen LogP contribution in [0.15, 0.2) is 9.91 Å². The Morgan fingerprint density at radius 3 is 2.80 bits per heavy atom. The van der Waals surface area contributed by atoms with Gasteiger partial charge in [-0.3, -0.25) is 0 Å². The summed E-state index contributed by atoms with van der Waals surface area (Å²) in [6.07, 6.45) is 3.72. The molecule has 0 saturated carbocycles. The molecule has 0 fully saturated rings. The average Bonchev–Trinajstić information content (AvgIpc) is 1.76. The van der Waals surface area contributed by atoms with Crippen molar-refractivity contribution in [2.75, 3.05) is 0 Å². The Balaban J connectivity index is 2.32. The molecule has 1 aliphatic rings. The Kier molecular flexibility index (Phi) is 1.45. The van der Waals surface area contributed by atoms with Crippen molar-refractivity contribution in [3.05, 3.63) is 9.91 Å². The van der Waals surface area contributed by atoms with Crippen molar-refractivity contribution in [3.63, 3.8) is 0 Å². The van der Waals surface area contributed by atoms with Crippen molar-refractivity contribution in [2.24, 2.45) is 0 Å². The van der Waals surface area contributed by atoms with Crippen molar-refractivity contribution in [1.29, 1.82) is 0 Å². The van der Waals surface area contributed by atoms with E-state index in [2.05, 4.69) is 9.91 Å². The average molecular weight is 169 g/mol. The molecule has 0 spiro atoms. The van der Waals surface area contributed by atoms with E-state index in [1.54, 1.807) is 4.18 Å². The first kappa shape index (κ1) is 3.79. The van der Waals surface area contributed by atoms with Crippen LogP contribution >= 0.6 is 0 Å². The Morgan fingerprint density at radius 2 is 2.60 bits per heavy atom. The van der Waals surface area contributed by atoms with Crippen LogP contribution in [-0.2, 0) is 0 Å². The van der Waals surface area contributed by atoms with Gasteiger partial charge in [-0.15, -0.1) is 0 Å². The minimum absolute atomic E-state index is 0.0106. The van der Waals surface area contributed by atoms with Gasteiger partial charge in [0.1, 0.15) is 0 Å². The zero-order valence-corrected chi connectivity index (χ0v) is 6.44. The molecule has 1 heterocycles. The Hall–Kier alpha value is 0.610. The fourth-order valence-electron chi connectivity index (χ4n) is 0.481. The first-order valence-electron chi connectivity index (χ1n) is 1.98. The van der Waals surface area contributed by atoms with Crippen LogP contribution in [0, 0.1) is 0 Å². The standard InChI is InChI=1S/C4H6.In/c1-3-4-2;/h1,3H,2,4H2;. The van der Waals surface area contributed by atoms with E-state index < -0.39 is 0 Å². The minimum atomic E-state index is 0.0106. The van der Waals surface area contributed by atoms with Gasteiger partial charge in [-0.1, -0.05) is 0 Å². The van der Waals surface area contributed by atoms with E-state index in [1.807, 2.05) is 0 Å². The molecular formula is C4H6In. The van der Waals surface area contributed by atoms with Crippen molar-refractivity contribution in [3.8, 4) is 0 Å². The Morgan fingerprint density at radius 1 is 1.60 bits per heavy atom. The molecule has 0 unspecified atom stereocenters. The summed E-state index contributed by atoms with van der Waals surface area (Å²) in [4.78, 5) is 0. The second-order valence-corrected chi connectivity index (χ2v) is 5.33. The molecule has 0 aromatic carbocycles. The van der Waals surface area contributed by atoms with Crippen molar-refractivity contribution in [1.82, 2.24) is 0 Å². The van der Waals surface area contributed by atoms with Crippen LogP contribution in [0.25, 0.3) is 0 Å². The zero-order valence-electron chi connectivity index (χ0n) is 3.15. The van der Waals surface area contributed by atoms with E-state index in [4.69, 9.17) is 0 Å². The van der Waals surface area contributed by atoms with Crippen LogP contribution in [0.3, 0.4) is 0 Å². The molecule has 0 atom stereocenters. The monoisotopic (exact) mass is 169 g/mol. The van der Waals surface area contributed by atoms with Crippen LogP contribution in [0.4, 0.5) is 0 Å². The van der Waals surface area contributed by atoms with Gasteiger partial charge in [0.05, 0.1) is 0 Å². The molecule has 0 aliphatic carbocycles. The summed E-state index contributed by atoms with van der Waals surface area (Å²) in [5.41, 5.74) is 0.